The van der Waals surface area contributed by atoms with Crippen molar-refractivity contribution in [3.63, 3.8) is 0 Å². The SMILES string of the molecule is CN(C)CCCN(Cc1ccc(Cl)c(Cl)c1)C(=O)CCCN1C(=O)CN(C)C1=O. The normalized spacial score (nSPS) is 14.3. The summed E-state index contributed by atoms with van der Waals surface area (Å²) in [5, 5.41) is 0.936. The van der Waals surface area contributed by atoms with Gasteiger partial charge in [-0.1, -0.05) is 29.3 Å². The number of carbonyl (C=O) groups is 3. The van der Waals surface area contributed by atoms with Gasteiger partial charge in [-0.2, -0.15) is 0 Å². The zero-order valence-electron chi connectivity index (χ0n) is 17.2. The summed E-state index contributed by atoms with van der Waals surface area (Å²) in [6.45, 7) is 2.27. The van der Waals surface area contributed by atoms with Crippen LogP contribution in [0.4, 0.5) is 4.79 Å². The van der Waals surface area contributed by atoms with Gasteiger partial charge in [0.15, 0.2) is 0 Å². The Morgan fingerprint density at radius 2 is 1.83 bits per heavy atom. The van der Waals surface area contributed by atoms with Crippen LogP contribution in [-0.2, 0) is 16.1 Å². The highest BCUT2D eigenvalue weighted by atomic mass is 35.5. The van der Waals surface area contributed by atoms with Crippen molar-refractivity contribution < 1.29 is 14.4 Å². The number of nitrogens with zero attached hydrogens (tertiary/aromatic N) is 4. The number of amides is 4. The Hall–Kier alpha value is -1.83. The molecule has 0 aliphatic carbocycles. The maximum atomic E-state index is 12.8. The molecule has 0 aromatic heterocycles. The molecule has 0 atom stereocenters. The lowest BCUT2D eigenvalue weighted by molar-refractivity contribution is -0.132. The Kier molecular flexibility index (Phi) is 8.74. The van der Waals surface area contributed by atoms with Gasteiger partial charge in [-0.05, 0) is 51.2 Å². The van der Waals surface area contributed by atoms with Crippen LogP contribution in [0.5, 0.6) is 0 Å². The molecule has 0 saturated carbocycles. The van der Waals surface area contributed by atoms with E-state index in [-0.39, 0.29) is 37.4 Å². The molecule has 7 nitrogen and oxygen atoms in total. The average Bonchev–Trinajstić information content (AvgIpc) is 2.89. The van der Waals surface area contributed by atoms with Gasteiger partial charge in [-0.3, -0.25) is 14.5 Å². The molecule has 1 aromatic rings. The number of rotatable bonds is 10. The van der Waals surface area contributed by atoms with Crippen molar-refractivity contribution in [3.05, 3.63) is 33.8 Å². The highest BCUT2D eigenvalue weighted by Gasteiger charge is 2.33. The first-order chi connectivity index (χ1) is 13.7. The van der Waals surface area contributed by atoms with E-state index in [0.29, 0.717) is 29.6 Å². The quantitative estimate of drug-likeness (QED) is 0.522. The van der Waals surface area contributed by atoms with E-state index in [1.807, 2.05) is 20.2 Å². The smallest absolute Gasteiger partial charge is 0.326 e. The Bertz CT molecular complexity index is 757. The van der Waals surface area contributed by atoms with Crippen molar-refractivity contribution in [2.75, 3.05) is 47.3 Å². The van der Waals surface area contributed by atoms with E-state index in [1.54, 1.807) is 24.1 Å². The minimum atomic E-state index is -0.305. The number of imide groups is 1. The van der Waals surface area contributed by atoms with Crippen molar-refractivity contribution in [2.45, 2.75) is 25.8 Å². The molecule has 160 valence electrons. The van der Waals surface area contributed by atoms with E-state index >= 15 is 0 Å². The van der Waals surface area contributed by atoms with Crippen molar-refractivity contribution >= 4 is 41.0 Å². The first-order valence-corrected chi connectivity index (χ1v) is 10.4. The minimum absolute atomic E-state index is 0.0118. The summed E-state index contributed by atoms with van der Waals surface area (Å²) >= 11 is 12.1. The fraction of sp³-hybridized carbons (Fsp3) is 0.550. The lowest BCUT2D eigenvalue weighted by atomic mass is 10.2. The summed E-state index contributed by atoms with van der Waals surface area (Å²) < 4.78 is 0. The van der Waals surface area contributed by atoms with E-state index in [4.69, 9.17) is 23.2 Å². The van der Waals surface area contributed by atoms with Gasteiger partial charge in [0.2, 0.25) is 11.8 Å². The van der Waals surface area contributed by atoms with Crippen molar-refractivity contribution in [1.82, 2.24) is 19.6 Å². The number of hydrogen-bond acceptors (Lipinski definition) is 4. The summed E-state index contributed by atoms with van der Waals surface area (Å²) in [4.78, 5) is 43.1. The molecule has 4 amide bonds. The summed E-state index contributed by atoms with van der Waals surface area (Å²) in [5.41, 5.74) is 0.907. The molecular weight excluding hydrogens is 415 g/mol. The van der Waals surface area contributed by atoms with E-state index < -0.39 is 0 Å². The molecule has 1 aliphatic heterocycles. The van der Waals surface area contributed by atoms with Crippen LogP contribution in [0.3, 0.4) is 0 Å². The van der Waals surface area contributed by atoms with Crippen LogP contribution < -0.4 is 0 Å². The zero-order valence-corrected chi connectivity index (χ0v) is 18.7. The van der Waals surface area contributed by atoms with Gasteiger partial charge in [-0.25, -0.2) is 4.79 Å². The maximum Gasteiger partial charge on any atom is 0.326 e. The first-order valence-electron chi connectivity index (χ1n) is 9.61. The Balaban J connectivity index is 1.95. The molecule has 2 rings (SSSR count). The monoisotopic (exact) mass is 442 g/mol. The number of carbonyl (C=O) groups excluding carboxylic acids is 3. The molecule has 1 aliphatic rings. The van der Waals surface area contributed by atoms with Crippen LogP contribution >= 0.6 is 23.2 Å². The Morgan fingerprint density at radius 3 is 2.41 bits per heavy atom. The van der Waals surface area contributed by atoms with Gasteiger partial charge in [0.25, 0.3) is 0 Å². The summed E-state index contributed by atoms with van der Waals surface area (Å²) in [6.07, 6.45) is 1.55. The third kappa shape index (κ3) is 6.87. The second-order valence-corrected chi connectivity index (χ2v) is 8.32. The molecular formula is C20H28Cl2N4O3. The standard InChI is InChI=1S/C20H28Cl2N4O3/c1-23(2)9-5-10-25(13-15-7-8-16(21)17(22)12-15)18(27)6-4-11-26-19(28)14-24(3)20(26)29/h7-8,12H,4-6,9-11,13-14H2,1-3H3. The number of hydrogen-bond donors (Lipinski definition) is 0. The third-order valence-electron chi connectivity index (χ3n) is 4.75. The van der Waals surface area contributed by atoms with Crippen molar-refractivity contribution in [3.8, 4) is 0 Å². The van der Waals surface area contributed by atoms with Crippen molar-refractivity contribution in [2.24, 2.45) is 0 Å². The highest BCUT2D eigenvalue weighted by Crippen LogP contribution is 2.23. The fourth-order valence-corrected chi connectivity index (χ4v) is 3.48. The van der Waals surface area contributed by atoms with Crippen LogP contribution in [-0.4, -0.2) is 84.8 Å². The molecule has 0 unspecified atom stereocenters. The Morgan fingerprint density at radius 1 is 1.10 bits per heavy atom. The molecule has 1 saturated heterocycles. The Labute approximate surface area is 182 Å². The second kappa shape index (κ2) is 10.8. The molecule has 9 heteroatoms. The average molecular weight is 443 g/mol. The summed E-state index contributed by atoms with van der Waals surface area (Å²) in [5.74, 6) is -0.231. The van der Waals surface area contributed by atoms with E-state index in [9.17, 15) is 14.4 Å². The fourth-order valence-electron chi connectivity index (χ4n) is 3.16. The molecule has 0 bridgehead atoms. The molecule has 1 heterocycles. The predicted molar refractivity (Wildman–Crippen MR) is 114 cm³/mol. The van der Waals surface area contributed by atoms with Gasteiger partial charge in [0.05, 0.1) is 10.0 Å². The minimum Gasteiger partial charge on any atom is -0.338 e. The molecule has 0 N–H and O–H groups in total. The number of halogens is 2. The molecule has 0 radical (unpaired) electrons. The van der Waals surface area contributed by atoms with Gasteiger partial charge in [0.1, 0.15) is 6.54 Å². The number of likely N-dealkylation sites (N-methyl/N-ethyl adjacent to an activating group) is 1. The second-order valence-electron chi connectivity index (χ2n) is 7.51. The molecule has 29 heavy (non-hydrogen) atoms. The lowest BCUT2D eigenvalue weighted by Crippen LogP contribution is -2.35. The van der Waals surface area contributed by atoms with Crippen LogP contribution in [0, 0.1) is 0 Å². The summed E-state index contributed by atoms with van der Waals surface area (Å²) in [6, 6.07) is 5.05. The molecule has 1 fully saturated rings. The first kappa shape index (κ1) is 23.4. The van der Waals surface area contributed by atoms with Crippen LogP contribution in [0.2, 0.25) is 10.0 Å². The van der Waals surface area contributed by atoms with Gasteiger partial charge < -0.3 is 14.7 Å². The number of urea groups is 1. The predicted octanol–water partition coefficient (Wildman–Crippen LogP) is 2.95. The molecule has 1 aromatic carbocycles. The van der Waals surface area contributed by atoms with Crippen molar-refractivity contribution in [1.29, 1.82) is 0 Å². The molecule has 0 spiro atoms. The van der Waals surface area contributed by atoms with Gasteiger partial charge >= 0.3 is 6.03 Å². The zero-order chi connectivity index (χ0) is 21.6. The lowest BCUT2D eigenvalue weighted by Gasteiger charge is -2.24. The van der Waals surface area contributed by atoms with Gasteiger partial charge in [0, 0.05) is 33.1 Å². The van der Waals surface area contributed by atoms with Crippen LogP contribution in [0.1, 0.15) is 24.8 Å². The maximum absolute atomic E-state index is 12.8. The van der Waals surface area contributed by atoms with Crippen LogP contribution in [0.25, 0.3) is 0 Å². The van der Waals surface area contributed by atoms with E-state index in [2.05, 4.69) is 4.90 Å². The largest absolute Gasteiger partial charge is 0.338 e. The van der Waals surface area contributed by atoms with Crippen LogP contribution in [0.15, 0.2) is 18.2 Å². The summed E-state index contributed by atoms with van der Waals surface area (Å²) in [7, 11) is 5.58. The van der Waals surface area contributed by atoms with Gasteiger partial charge in [-0.15, -0.1) is 0 Å². The topological polar surface area (TPSA) is 64.2 Å². The third-order valence-corrected chi connectivity index (χ3v) is 5.49. The van der Waals surface area contributed by atoms with E-state index in [0.717, 1.165) is 18.5 Å². The highest BCUT2D eigenvalue weighted by molar-refractivity contribution is 6.42. The van der Waals surface area contributed by atoms with E-state index in [1.165, 1.54) is 9.80 Å². The number of benzene rings is 1.